The van der Waals surface area contributed by atoms with Crippen LogP contribution in [0.25, 0.3) is 0 Å². The molecule has 186 valence electrons. The maximum absolute atomic E-state index is 13.1. The molecule has 9 heteroatoms. The van der Waals surface area contributed by atoms with E-state index in [4.69, 9.17) is 4.74 Å². The van der Waals surface area contributed by atoms with E-state index in [0.29, 0.717) is 50.2 Å². The molecule has 2 amide bonds. The molecule has 2 N–H and O–H groups in total. The maximum atomic E-state index is 13.1. The monoisotopic (exact) mass is 468 g/mol. The van der Waals surface area contributed by atoms with E-state index in [-0.39, 0.29) is 23.4 Å². The maximum Gasteiger partial charge on any atom is 0.345 e. The zero-order valence-electron chi connectivity index (χ0n) is 20.0. The molecule has 6 aliphatic rings. The summed E-state index contributed by atoms with van der Waals surface area (Å²) in [6.07, 6.45) is 5.71. The number of piperazine rings is 1. The van der Waals surface area contributed by atoms with Gasteiger partial charge >= 0.3 is 6.61 Å². The van der Waals surface area contributed by atoms with Crippen molar-refractivity contribution in [2.75, 3.05) is 26.2 Å². The summed E-state index contributed by atoms with van der Waals surface area (Å²) in [6.45, 7) is 5.50. The first-order valence-electron chi connectivity index (χ1n) is 12.5. The topological polar surface area (TPSA) is 73.9 Å². The van der Waals surface area contributed by atoms with Gasteiger partial charge in [-0.3, -0.25) is 19.4 Å². The van der Waals surface area contributed by atoms with Crippen LogP contribution in [0.1, 0.15) is 65.7 Å². The third-order valence-corrected chi connectivity index (χ3v) is 8.43. The lowest BCUT2D eigenvalue weighted by Gasteiger charge is -2.61. The molecule has 4 aliphatic carbocycles. The number of rotatable bonds is 7. The van der Waals surface area contributed by atoms with E-state index in [1.54, 1.807) is 0 Å². The van der Waals surface area contributed by atoms with Crippen molar-refractivity contribution in [3.8, 4) is 0 Å². The summed E-state index contributed by atoms with van der Waals surface area (Å²) in [4.78, 5) is 29.8. The molecule has 6 rings (SSSR count). The van der Waals surface area contributed by atoms with Gasteiger partial charge in [0.05, 0.1) is 18.7 Å². The standard InChI is InChI=1S/C24H38F2N4O3/c1-22(2,3)27-19(31)12-29-10-18-5-17(29)11-30(18)13-20(32)28-23-6-15-4-16(7-23)9-24(8-15,14-23)33-21(25)26/h15-18,21H,4-14H2,1-3H3,(H,27,31)(H,28,32)/t15?,16?,17-,18-,23?,24?/m0/s1. The SMILES string of the molecule is CC(C)(C)NC(=O)CN1C[C@@H]2C[C@H]1CN2CC(=O)NC12CC3CC(C1)CC(OC(F)F)(C3)C2. The summed E-state index contributed by atoms with van der Waals surface area (Å²) in [5.74, 6) is 0.761. The molecule has 4 atom stereocenters. The fraction of sp³-hybridized carbons (Fsp3) is 0.917. The highest BCUT2D eigenvalue weighted by Gasteiger charge is 2.60. The minimum Gasteiger partial charge on any atom is -0.350 e. The molecule has 0 spiro atoms. The Balaban J connectivity index is 1.14. The first-order valence-corrected chi connectivity index (χ1v) is 12.5. The van der Waals surface area contributed by atoms with Gasteiger partial charge in [-0.2, -0.15) is 8.78 Å². The van der Waals surface area contributed by atoms with Gasteiger partial charge < -0.3 is 15.4 Å². The summed E-state index contributed by atoms with van der Waals surface area (Å²) in [7, 11) is 0. The van der Waals surface area contributed by atoms with Crippen LogP contribution in [0.5, 0.6) is 0 Å². The third kappa shape index (κ3) is 4.91. The van der Waals surface area contributed by atoms with Crippen LogP contribution in [0.4, 0.5) is 8.78 Å². The molecule has 0 radical (unpaired) electrons. The van der Waals surface area contributed by atoms with Crippen LogP contribution in [0, 0.1) is 11.8 Å². The largest absolute Gasteiger partial charge is 0.350 e. The Labute approximate surface area is 194 Å². The Kier molecular flexibility index (Phi) is 5.77. The fourth-order valence-corrected chi connectivity index (χ4v) is 8.03. The fourth-order valence-electron chi connectivity index (χ4n) is 8.03. The van der Waals surface area contributed by atoms with Gasteiger partial charge in [0.2, 0.25) is 11.8 Å². The lowest BCUT2D eigenvalue weighted by molar-refractivity contribution is -0.261. The highest BCUT2D eigenvalue weighted by molar-refractivity contribution is 5.79. The summed E-state index contributed by atoms with van der Waals surface area (Å²) >= 11 is 0. The molecule has 0 aromatic rings. The average molecular weight is 469 g/mol. The van der Waals surface area contributed by atoms with Crippen LogP contribution in [-0.2, 0) is 14.3 Å². The number of amides is 2. The minimum absolute atomic E-state index is 0.00581. The van der Waals surface area contributed by atoms with E-state index in [1.165, 1.54) is 0 Å². The second-order valence-electron chi connectivity index (χ2n) is 12.6. The highest BCUT2D eigenvalue weighted by Crippen LogP contribution is 2.59. The number of nitrogens with one attached hydrogen (secondary N) is 2. The lowest BCUT2D eigenvalue weighted by Crippen LogP contribution is -2.67. The highest BCUT2D eigenvalue weighted by atomic mass is 19.3. The van der Waals surface area contributed by atoms with Crippen LogP contribution in [0.3, 0.4) is 0 Å². The van der Waals surface area contributed by atoms with Crippen LogP contribution < -0.4 is 10.6 Å². The van der Waals surface area contributed by atoms with Crippen molar-refractivity contribution in [1.82, 2.24) is 20.4 Å². The van der Waals surface area contributed by atoms with E-state index in [0.717, 1.165) is 38.8 Å². The average Bonchev–Trinajstić information content (AvgIpc) is 3.16. The van der Waals surface area contributed by atoms with Crippen molar-refractivity contribution in [2.24, 2.45) is 11.8 Å². The first-order chi connectivity index (χ1) is 15.4. The number of ether oxygens (including phenoxy) is 1. The number of hydrogen-bond donors (Lipinski definition) is 2. The molecule has 33 heavy (non-hydrogen) atoms. The van der Waals surface area contributed by atoms with Crippen molar-refractivity contribution in [1.29, 1.82) is 0 Å². The number of fused-ring (bicyclic) bond motifs is 2. The number of halogens is 2. The lowest BCUT2D eigenvalue weighted by atomic mass is 9.51. The van der Waals surface area contributed by atoms with E-state index < -0.39 is 17.8 Å². The van der Waals surface area contributed by atoms with E-state index >= 15 is 0 Å². The number of carbonyl (C=O) groups excluding carboxylic acids is 2. The first kappa shape index (κ1) is 23.4. The predicted molar refractivity (Wildman–Crippen MR) is 119 cm³/mol. The number of carbonyl (C=O) groups is 2. The van der Waals surface area contributed by atoms with Crippen LogP contribution in [0.15, 0.2) is 0 Å². The van der Waals surface area contributed by atoms with Gasteiger partial charge in [0.25, 0.3) is 0 Å². The number of hydrogen-bond acceptors (Lipinski definition) is 5. The van der Waals surface area contributed by atoms with Gasteiger partial charge in [0.1, 0.15) is 0 Å². The van der Waals surface area contributed by atoms with Gasteiger partial charge in [-0.25, -0.2) is 0 Å². The molecule has 7 nitrogen and oxygen atoms in total. The molecule has 2 aliphatic heterocycles. The second-order valence-corrected chi connectivity index (χ2v) is 12.6. The van der Waals surface area contributed by atoms with Gasteiger partial charge in [-0.1, -0.05) is 0 Å². The van der Waals surface area contributed by atoms with Crippen LogP contribution in [-0.4, -0.2) is 83.2 Å². The number of nitrogens with zero attached hydrogens (tertiary/aromatic N) is 2. The summed E-state index contributed by atoms with van der Waals surface area (Å²) in [6, 6.07) is 0.587. The summed E-state index contributed by atoms with van der Waals surface area (Å²) < 4.78 is 31.4. The molecular weight excluding hydrogens is 430 g/mol. The molecule has 6 fully saturated rings. The molecule has 0 aromatic heterocycles. The Morgan fingerprint density at radius 1 is 0.970 bits per heavy atom. The Morgan fingerprint density at radius 2 is 1.55 bits per heavy atom. The van der Waals surface area contributed by atoms with Crippen molar-refractivity contribution in [3.05, 3.63) is 0 Å². The molecule has 2 heterocycles. The van der Waals surface area contributed by atoms with Gasteiger partial charge in [0.15, 0.2) is 0 Å². The molecule has 0 aromatic carbocycles. The second kappa shape index (κ2) is 8.12. The number of likely N-dealkylation sites (tertiary alicyclic amines) is 2. The third-order valence-electron chi connectivity index (χ3n) is 8.43. The summed E-state index contributed by atoms with van der Waals surface area (Å²) in [5, 5.41) is 6.32. The van der Waals surface area contributed by atoms with Gasteiger partial charge in [-0.15, -0.1) is 0 Å². The Hall–Kier alpha value is -1.32. The van der Waals surface area contributed by atoms with Crippen molar-refractivity contribution in [2.45, 2.75) is 101 Å². The Bertz CT molecular complexity index is 782. The van der Waals surface area contributed by atoms with E-state index in [2.05, 4.69) is 20.4 Å². The van der Waals surface area contributed by atoms with E-state index in [1.807, 2.05) is 20.8 Å². The van der Waals surface area contributed by atoms with Crippen molar-refractivity contribution in [3.63, 3.8) is 0 Å². The molecular formula is C24H38F2N4O3. The van der Waals surface area contributed by atoms with E-state index in [9.17, 15) is 18.4 Å². The Morgan fingerprint density at radius 3 is 2.06 bits per heavy atom. The van der Waals surface area contributed by atoms with Crippen LogP contribution >= 0.6 is 0 Å². The van der Waals surface area contributed by atoms with Crippen molar-refractivity contribution >= 4 is 11.8 Å². The predicted octanol–water partition coefficient (Wildman–Crippen LogP) is 2.11. The normalized spacial score (nSPS) is 40.1. The number of alkyl halides is 2. The molecule has 2 saturated heterocycles. The minimum atomic E-state index is -2.76. The van der Waals surface area contributed by atoms with Gasteiger partial charge in [0, 0.05) is 36.3 Å². The van der Waals surface area contributed by atoms with Crippen molar-refractivity contribution < 1.29 is 23.1 Å². The quantitative estimate of drug-likeness (QED) is 0.599. The molecule has 2 unspecified atom stereocenters. The zero-order chi connectivity index (χ0) is 23.6. The summed E-state index contributed by atoms with van der Waals surface area (Å²) in [5.41, 5.74) is -1.41. The molecule has 4 saturated carbocycles. The smallest absolute Gasteiger partial charge is 0.345 e. The van der Waals surface area contributed by atoms with Gasteiger partial charge in [-0.05, 0) is 77.6 Å². The van der Waals surface area contributed by atoms with Crippen LogP contribution in [0.2, 0.25) is 0 Å². The zero-order valence-corrected chi connectivity index (χ0v) is 20.0. The molecule has 6 bridgehead atoms.